The van der Waals surface area contributed by atoms with Gasteiger partial charge in [-0.25, -0.2) is 0 Å². The van der Waals surface area contributed by atoms with Crippen LogP contribution in [0.1, 0.15) is 21.6 Å². The normalized spacial score (nSPS) is 10.7. The van der Waals surface area contributed by atoms with E-state index in [1.54, 1.807) is 6.20 Å². The average Bonchev–Trinajstić information content (AvgIpc) is 2.40. The van der Waals surface area contributed by atoms with Gasteiger partial charge in [-0.15, -0.1) is 0 Å². The number of hydrogen-bond donors (Lipinski definition) is 0. The van der Waals surface area contributed by atoms with Crippen LogP contribution >= 0.6 is 0 Å². The minimum absolute atomic E-state index is 0.137. The fraction of sp³-hybridized carbons (Fsp3) is 0.250. The fourth-order valence-corrected chi connectivity index (χ4v) is 1.90. The lowest BCUT2D eigenvalue weighted by Crippen LogP contribution is -2.26. The first kappa shape index (κ1) is 13.4. The van der Waals surface area contributed by atoms with Crippen LogP contribution in [0.15, 0.2) is 48.7 Å². The molecule has 1 aromatic carbocycles. The van der Waals surface area contributed by atoms with Gasteiger partial charge < -0.3 is 0 Å². The minimum atomic E-state index is 0.137. The molecule has 98 valence electrons. The molecule has 0 spiro atoms. The van der Waals surface area contributed by atoms with Crippen LogP contribution in [0.4, 0.5) is 0 Å². The molecule has 2 aromatic rings. The van der Waals surface area contributed by atoms with E-state index < -0.39 is 0 Å². The Morgan fingerprint density at radius 1 is 1.16 bits per heavy atom. The maximum Gasteiger partial charge on any atom is 0.176 e. The van der Waals surface area contributed by atoms with E-state index in [0.29, 0.717) is 13.1 Å². The Kier molecular flexibility index (Phi) is 4.42. The lowest BCUT2D eigenvalue weighted by Gasteiger charge is -2.15. The highest BCUT2D eigenvalue weighted by Crippen LogP contribution is 2.06. The van der Waals surface area contributed by atoms with Gasteiger partial charge >= 0.3 is 0 Å². The van der Waals surface area contributed by atoms with Crippen LogP contribution in [0.3, 0.4) is 0 Å². The van der Waals surface area contributed by atoms with Gasteiger partial charge in [-0.3, -0.25) is 14.7 Å². The maximum atomic E-state index is 12.1. The first-order valence-electron chi connectivity index (χ1n) is 6.33. The van der Waals surface area contributed by atoms with E-state index in [0.717, 1.165) is 11.3 Å². The molecule has 0 N–H and O–H groups in total. The summed E-state index contributed by atoms with van der Waals surface area (Å²) in [5.41, 5.74) is 2.90. The highest BCUT2D eigenvalue weighted by Gasteiger charge is 2.09. The zero-order valence-corrected chi connectivity index (χ0v) is 11.3. The van der Waals surface area contributed by atoms with Crippen molar-refractivity contribution in [3.05, 3.63) is 65.5 Å². The highest BCUT2D eigenvalue weighted by molar-refractivity contribution is 5.97. The van der Waals surface area contributed by atoms with E-state index in [9.17, 15) is 4.79 Å². The monoisotopic (exact) mass is 254 g/mol. The number of carbonyl (C=O) groups is 1. The molecule has 0 bridgehead atoms. The predicted octanol–water partition coefficient (Wildman–Crippen LogP) is 2.70. The summed E-state index contributed by atoms with van der Waals surface area (Å²) in [5, 5.41) is 0. The Hall–Kier alpha value is -2.00. The Morgan fingerprint density at radius 2 is 1.89 bits per heavy atom. The Balaban J connectivity index is 1.93. The molecule has 2 rings (SSSR count). The van der Waals surface area contributed by atoms with Crippen LogP contribution in [0.25, 0.3) is 0 Å². The molecule has 0 aliphatic heterocycles. The van der Waals surface area contributed by atoms with Gasteiger partial charge in [-0.1, -0.05) is 35.9 Å². The number of aromatic nitrogens is 1. The molecular weight excluding hydrogens is 236 g/mol. The molecule has 0 amide bonds. The van der Waals surface area contributed by atoms with Gasteiger partial charge in [0.1, 0.15) is 0 Å². The minimum Gasteiger partial charge on any atom is -0.293 e. The number of benzene rings is 1. The number of Topliss-reactive ketones (excluding diaryl/α,β-unsaturated/α-hetero) is 1. The second kappa shape index (κ2) is 6.25. The van der Waals surface area contributed by atoms with Crippen molar-refractivity contribution in [1.29, 1.82) is 0 Å². The number of pyridine rings is 1. The maximum absolute atomic E-state index is 12.1. The summed E-state index contributed by atoms with van der Waals surface area (Å²) >= 11 is 0. The molecule has 0 saturated heterocycles. The van der Waals surface area contributed by atoms with Gasteiger partial charge in [-0.05, 0) is 26.1 Å². The molecule has 0 fully saturated rings. The average molecular weight is 254 g/mol. The Morgan fingerprint density at radius 3 is 2.53 bits per heavy atom. The van der Waals surface area contributed by atoms with Crippen molar-refractivity contribution < 1.29 is 4.79 Å². The quantitative estimate of drug-likeness (QED) is 0.769. The van der Waals surface area contributed by atoms with Crippen LogP contribution in [0.5, 0.6) is 0 Å². The van der Waals surface area contributed by atoms with Crippen LogP contribution < -0.4 is 0 Å². The zero-order valence-electron chi connectivity index (χ0n) is 11.3. The first-order chi connectivity index (χ1) is 9.15. The van der Waals surface area contributed by atoms with Crippen LogP contribution in [0.2, 0.25) is 0 Å². The lowest BCUT2D eigenvalue weighted by atomic mass is 10.1. The third kappa shape index (κ3) is 4.00. The summed E-state index contributed by atoms with van der Waals surface area (Å²) in [6.07, 6.45) is 1.77. The van der Waals surface area contributed by atoms with E-state index in [2.05, 4.69) is 4.98 Å². The number of aryl methyl sites for hydroxylation is 1. The second-order valence-corrected chi connectivity index (χ2v) is 4.78. The number of likely N-dealkylation sites (N-methyl/N-ethyl adjacent to an activating group) is 1. The summed E-state index contributed by atoms with van der Waals surface area (Å²) in [4.78, 5) is 18.3. The molecule has 0 unspecified atom stereocenters. The van der Waals surface area contributed by atoms with Gasteiger partial charge in [0, 0.05) is 18.3 Å². The van der Waals surface area contributed by atoms with Gasteiger partial charge in [0.15, 0.2) is 5.78 Å². The topological polar surface area (TPSA) is 33.2 Å². The van der Waals surface area contributed by atoms with Gasteiger partial charge in [0.2, 0.25) is 0 Å². The summed E-state index contributed by atoms with van der Waals surface area (Å²) in [6.45, 7) is 3.10. The smallest absolute Gasteiger partial charge is 0.176 e. The molecule has 0 atom stereocenters. The predicted molar refractivity (Wildman–Crippen MR) is 76.1 cm³/mol. The van der Waals surface area contributed by atoms with E-state index in [-0.39, 0.29) is 5.78 Å². The van der Waals surface area contributed by atoms with Gasteiger partial charge in [0.05, 0.1) is 12.2 Å². The fourth-order valence-electron chi connectivity index (χ4n) is 1.90. The Labute approximate surface area is 113 Å². The van der Waals surface area contributed by atoms with Crippen LogP contribution in [-0.2, 0) is 6.54 Å². The highest BCUT2D eigenvalue weighted by atomic mass is 16.1. The summed E-state index contributed by atoms with van der Waals surface area (Å²) < 4.78 is 0. The molecule has 0 aliphatic rings. The van der Waals surface area contributed by atoms with Crippen molar-refractivity contribution >= 4 is 5.78 Å². The number of carbonyl (C=O) groups excluding carboxylic acids is 1. The number of nitrogens with zero attached hydrogens (tertiary/aromatic N) is 2. The molecule has 0 radical (unpaired) electrons. The van der Waals surface area contributed by atoms with Gasteiger partial charge in [0.25, 0.3) is 0 Å². The van der Waals surface area contributed by atoms with E-state index >= 15 is 0 Å². The molecule has 3 heteroatoms. The largest absolute Gasteiger partial charge is 0.293 e. The lowest BCUT2D eigenvalue weighted by molar-refractivity contribution is 0.0942. The molecule has 0 saturated carbocycles. The van der Waals surface area contributed by atoms with Crippen LogP contribution in [-0.4, -0.2) is 29.3 Å². The molecule has 1 aromatic heterocycles. The molecule has 0 aliphatic carbocycles. The Bertz CT molecular complexity index is 534. The molecule has 19 heavy (non-hydrogen) atoms. The molecule has 1 heterocycles. The van der Waals surface area contributed by atoms with Crippen molar-refractivity contribution in [2.45, 2.75) is 13.5 Å². The molecular formula is C16H18N2O. The summed E-state index contributed by atoms with van der Waals surface area (Å²) in [6, 6.07) is 13.5. The third-order valence-electron chi connectivity index (χ3n) is 2.95. The number of hydrogen-bond acceptors (Lipinski definition) is 3. The zero-order chi connectivity index (χ0) is 13.7. The third-order valence-corrected chi connectivity index (χ3v) is 2.95. The summed E-state index contributed by atoms with van der Waals surface area (Å²) in [5.74, 6) is 0.137. The van der Waals surface area contributed by atoms with Crippen molar-refractivity contribution in [2.24, 2.45) is 0 Å². The summed E-state index contributed by atoms with van der Waals surface area (Å²) in [7, 11) is 1.93. The first-order valence-corrected chi connectivity index (χ1v) is 6.33. The van der Waals surface area contributed by atoms with Crippen molar-refractivity contribution in [1.82, 2.24) is 9.88 Å². The van der Waals surface area contributed by atoms with Gasteiger partial charge in [-0.2, -0.15) is 0 Å². The van der Waals surface area contributed by atoms with E-state index in [4.69, 9.17) is 0 Å². The van der Waals surface area contributed by atoms with Crippen molar-refractivity contribution in [3.8, 4) is 0 Å². The second-order valence-electron chi connectivity index (χ2n) is 4.78. The van der Waals surface area contributed by atoms with Crippen molar-refractivity contribution in [3.63, 3.8) is 0 Å². The van der Waals surface area contributed by atoms with E-state index in [1.807, 2.05) is 61.3 Å². The SMILES string of the molecule is Cc1ccc(C(=O)CN(C)Cc2ccccn2)cc1. The van der Waals surface area contributed by atoms with Crippen LogP contribution in [0, 0.1) is 6.92 Å². The number of rotatable bonds is 5. The van der Waals surface area contributed by atoms with E-state index in [1.165, 1.54) is 5.56 Å². The standard InChI is InChI=1S/C16H18N2O/c1-13-6-8-14(9-7-13)16(19)12-18(2)11-15-5-3-4-10-17-15/h3-10H,11-12H2,1-2H3. The molecule has 3 nitrogen and oxygen atoms in total. The van der Waals surface area contributed by atoms with Crippen molar-refractivity contribution in [2.75, 3.05) is 13.6 Å². The number of ketones is 1.